The number of carbonyl (C=O) groups excluding carboxylic acids is 2. The zero-order valence-electron chi connectivity index (χ0n) is 18.2. The van der Waals surface area contributed by atoms with E-state index in [-0.39, 0.29) is 37.0 Å². The quantitative estimate of drug-likeness (QED) is 0.632. The van der Waals surface area contributed by atoms with E-state index in [0.717, 1.165) is 5.56 Å². The largest absolute Gasteiger partial charge is 0.483 e. The molecule has 2 aromatic rings. The summed E-state index contributed by atoms with van der Waals surface area (Å²) in [5.74, 6) is -0.503. The molecule has 31 heavy (non-hydrogen) atoms. The van der Waals surface area contributed by atoms with Crippen LogP contribution in [0.2, 0.25) is 0 Å². The first-order valence-electron chi connectivity index (χ1n) is 10.6. The highest BCUT2D eigenvalue weighted by atomic mass is 19.1. The van der Waals surface area contributed by atoms with E-state index in [0.29, 0.717) is 30.9 Å². The molecule has 0 spiro atoms. The smallest absolute Gasteiger partial charge is 0.341 e. The first kappa shape index (κ1) is 22.7. The van der Waals surface area contributed by atoms with Crippen molar-refractivity contribution >= 4 is 11.9 Å². The van der Waals surface area contributed by atoms with Gasteiger partial charge in [-0.05, 0) is 50.6 Å². The molecule has 0 aliphatic carbocycles. The maximum Gasteiger partial charge on any atom is 0.341 e. The summed E-state index contributed by atoms with van der Waals surface area (Å²) < 4.78 is 23.9. The summed E-state index contributed by atoms with van der Waals surface area (Å²) in [6.07, 6.45) is 0. The third-order valence-corrected chi connectivity index (χ3v) is 5.47. The molecule has 1 amide bonds. The summed E-state index contributed by atoms with van der Waals surface area (Å²) in [6.45, 7) is 7.93. The van der Waals surface area contributed by atoms with Crippen LogP contribution in [-0.4, -0.2) is 60.1 Å². The Hall–Kier alpha value is -2.93. The molecule has 3 rings (SSSR count). The number of benzene rings is 2. The Labute approximate surface area is 182 Å². The minimum Gasteiger partial charge on any atom is -0.483 e. The van der Waals surface area contributed by atoms with Gasteiger partial charge in [0.05, 0.1) is 6.61 Å². The number of ether oxygens (including phenoxy) is 2. The van der Waals surface area contributed by atoms with E-state index >= 15 is 0 Å². The van der Waals surface area contributed by atoms with Gasteiger partial charge in [-0.15, -0.1) is 0 Å². The number of rotatable bonds is 7. The standard InChI is InChI=1S/C24H29FN2O4/c1-4-30-24(29)21-7-5-6-8-22(21)31-16-23(28)27-14-17(2)26(13-18(27)3)15-19-9-11-20(25)12-10-19/h5-12,17-18H,4,13-16H2,1-3H3/t17-,18+/m1/s1. The van der Waals surface area contributed by atoms with E-state index < -0.39 is 5.97 Å². The van der Waals surface area contributed by atoms with Crippen molar-refractivity contribution in [2.24, 2.45) is 0 Å². The van der Waals surface area contributed by atoms with Gasteiger partial charge in [-0.1, -0.05) is 24.3 Å². The van der Waals surface area contributed by atoms with Crippen molar-refractivity contribution in [1.29, 1.82) is 0 Å². The van der Waals surface area contributed by atoms with E-state index in [9.17, 15) is 14.0 Å². The predicted octanol–water partition coefficient (Wildman–Crippen LogP) is 3.50. The van der Waals surface area contributed by atoms with Crippen molar-refractivity contribution in [1.82, 2.24) is 9.80 Å². The molecule has 1 saturated heterocycles. The Balaban J connectivity index is 1.58. The highest BCUT2D eigenvalue weighted by Gasteiger charge is 2.32. The van der Waals surface area contributed by atoms with E-state index in [1.165, 1.54) is 12.1 Å². The van der Waals surface area contributed by atoms with Crippen molar-refractivity contribution in [3.8, 4) is 5.75 Å². The Kier molecular flexibility index (Phi) is 7.63. The molecule has 2 aromatic carbocycles. The normalized spacial score (nSPS) is 19.2. The third kappa shape index (κ3) is 5.82. The van der Waals surface area contributed by atoms with Gasteiger partial charge in [-0.3, -0.25) is 9.69 Å². The van der Waals surface area contributed by atoms with Crippen LogP contribution in [0.25, 0.3) is 0 Å². The molecule has 2 atom stereocenters. The average molecular weight is 429 g/mol. The SMILES string of the molecule is CCOC(=O)c1ccccc1OCC(=O)N1C[C@@H](C)N(Cc2ccc(F)cc2)C[C@@H]1C. The molecule has 1 heterocycles. The monoisotopic (exact) mass is 428 g/mol. The number of hydrogen-bond acceptors (Lipinski definition) is 5. The average Bonchev–Trinajstić information content (AvgIpc) is 2.76. The molecule has 1 aliphatic heterocycles. The van der Waals surface area contributed by atoms with Crippen molar-refractivity contribution in [2.75, 3.05) is 26.3 Å². The van der Waals surface area contributed by atoms with Crippen LogP contribution in [0, 0.1) is 5.82 Å². The van der Waals surface area contributed by atoms with Gasteiger partial charge in [0.1, 0.15) is 17.1 Å². The van der Waals surface area contributed by atoms with Crippen molar-refractivity contribution in [3.63, 3.8) is 0 Å². The lowest BCUT2D eigenvalue weighted by molar-refractivity contribution is -0.139. The molecule has 1 fully saturated rings. The number of esters is 1. The molecule has 0 unspecified atom stereocenters. The second-order valence-electron chi connectivity index (χ2n) is 7.81. The summed E-state index contributed by atoms with van der Waals surface area (Å²) in [6, 6.07) is 13.4. The topological polar surface area (TPSA) is 59.1 Å². The van der Waals surface area contributed by atoms with Gasteiger partial charge in [-0.2, -0.15) is 0 Å². The van der Waals surface area contributed by atoms with Crippen molar-refractivity contribution in [3.05, 3.63) is 65.5 Å². The molecule has 1 aliphatic rings. The van der Waals surface area contributed by atoms with E-state index in [2.05, 4.69) is 11.8 Å². The molecule has 6 nitrogen and oxygen atoms in total. The van der Waals surface area contributed by atoms with Crippen molar-refractivity contribution in [2.45, 2.75) is 39.4 Å². The van der Waals surface area contributed by atoms with Crippen LogP contribution < -0.4 is 4.74 Å². The number of para-hydroxylation sites is 1. The number of piperazine rings is 1. The molecule has 0 radical (unpaired) electrons. The highest BCUT2D eigenvalue weighted by Crippen LogP contribution is 2.21. The number of halogens is 1. The van der Waals surface area contributed by atoms with Gasteiger partial charge in [0.15, 0.2) is 6.61 Å². The molecule has 7 heteroatoms. The number of nitrogens with zero attached hydrogens (tertiary/aromatic N) is 2. The maximum atomic E-state index is 13.2. The van der Waals surface area contributed by atoms with Gasteiger partial charge in [-0.25, -0.2) is 9.18 Å². The van der Waals surface area contributed by atoms with Crippen molar-refractivity contribution < 1.29 is 23.5 Å². The molecule has 0 saturated carbocycles. The lowest BCUT2D eigenvalue weighted by atomic mass is 10.1. The molecule has 0 aromatic heterocycles. The second-order valence-corrected chi connectivity index (χ2v) is 7.81. The fourth-order valence-corrected chi connectivity index (χ4v) is 3.78. The van der Waals surface area contributed by atoms with Crippen LogP contribution >= 0.6 is 0 Å². The second kappa shape index (κ2) is 10.4. The minimum atomic E-state index is -0.470. The lowest BCUT2D eigenvalue weighted by Gasteiger charge is -2.44. The van der Waals surface area contributed by atoms with E-state index in [1.54, 1.807) is 43.3 Å². The van der Waals surface area contributed by atoms with Crippen LogP contribution in [0.15, 0.2) is 48.5 Å². The third-order valence-electron chi connectivity index (χ3n) is 5.47. The van der Waals surface area contributed by atoms with Crippen LogP contribution in [0.3, 0.4) is 0 Å². The Morgan fingerprint density at radius 3 is 2.45 bits per heavy atom. The maximum absolute atomic E-state index is 13.2. The molecule has 0 bridgehead atoms. The summed E-state index contributed by atoms with van der Waals surface area (Å²) >= 11 is 0. The zero-order valence-corrected chi connectivity index (χ0v) is 18.2. The minimum absolute atomic E-state index is 0.00745. The van der Waals surface area contributed by atoms with Crippen LogP contribution in [0.1, 0.15) is 36.7 Å². The van der Waals surface area contributed by atoms with Gasteiger partial charge in [0.25, 0.3) is 5.91 Å². The van der Waals surface area contributed by atoms with E-state index in [1.807, 2.05) is 11.8 Å². The van der Waals surface area contributed by atoms with Crippen LogP contribution in [-0.2, 0) is 16.1 Å². The Morgan fingerprint density at radius 2 is 1.74 bits per heavy atom. The summed E-state index contributed by atoms with van der Waals surface area (Å²) in [7, 11) is 0. The Morgan fingerprint density at radius 1 is 1.03 bits per heavy atom. The molecule has 166 valence electrons. The van der Waals surface area contributed by atoms with Gasteiger partial charge in [0, 0.05) is 31.7 Å². The fourth-order valence-electron chi connectivity index (χ4n) is 3.78. The summed E-state index contributed by atoms with van der Waals surface area (Å²) in [4.78, 5) is 29.1. The van der Waals surface area contributed by atoms with E-state index in [4.69, 9.17) is 9.47 Å². The summed E-state index contributed by atoms with van der Waals surface area (Å²) in [5.41, 5.74) is 1.35. The first-order chi connectivity index (χ1) is 14.9. The van der Waals surface area contributed by atoms with Crippen LogP contribution in [0.4, 0.5) is 4.39 Å². The lowest BCUT2D eigenvalue weighted by Crippen LogP contribution is -2.58. The summed E-state index contributed by atoms with van der Waals surface area (Å²) in [5, 5.41) is 0. The van der Waals surface area contributed by atoms with Gasteiger partial charge < -0.3 is 14.4 Å². The zero-order chi connectivity index (χ0) is 22.4. The number of carbonyl (C=O) groups is 2. The molecular weight excluding hydrogens is 399 g/mol. The van der Waals surface area contributed by atoms with Crippen LogP contribution in [0.5, 0.6) is 5.75 Å². The highest BCUT2D eigenvalue weighted by molar-refractivity contribution is 5.92. The van der Waals surface area contributed by atoms with Gasteiger partial charge >= 0.3 is 5.97 Å². The fraction of sp³-hybridized carbons (Fsp3) is 0.417. The number of amides is 1. The molecular formula is C24H29FN2O4. The Bertz CT molecular complexity index is 903. The molecule has 0 N–H and O–H groups in total. The predicted molar refractivity (Wildman–Crippen MR) is 115 cm³/mol. The first-order valence-corrected chi connectivity index (χ1v) is 10.6. The number of hydrogen-bond donors (Lipinski definition) is 0. The van der Waals surface area contributed by atoms with Gasteiger partial charge in [0.2, 0.25) is 0 Å².